The Kier molecular flexibility index (Phi) is 2.21. The van der Waals surface area contributed by atoms with E-state index in [2.05, 4.69) is 5.32 Å². The van der Waals surface area contributed by atoms with Crippen molar-refractivity contribution in [2.24, 2.45) is 0 Å². The molecule has 1 aliphatic heterocycles. The van der Waals surface area contributed by atoms with Gasteiger partial charge in [-0.1, -0.05) is 0 Å². The van der Waals surface area contributed by atoms with Crippen molar-refractivity contribution in [2.45, 2.75) is 18.9 Å². The van der Waals surface area contributed by atoms with Crippen LogP contribution in [0.4, 0.5) is 15.8 Å². The molecule has 1 aromatic rings. The molecule has 0 aromatic heterocycles. The van der Waals surface area contributed by atoms with Gasteiger partial charge in [-0.25, -0.2) is 4.39 Å². The summed E-state index contributed by atoms with van der Waals surface area (Å²) in [5.74, 6) is -0.330. The molecule has 5 heteroatoms. The number of fused-ring (bicyclic) bond motifs is 1. The van der Waals surface area contributed by atoms with Gasteiger partial charge in [-0.3, -0.25) is 4.79 Å². The van der Waals surface area contributed by atoms with Crippen molar-refractivity contribution in [3.63, 3.8) is 0 Å². The molecule has 1 aliphatic carbocycles. The van der Waals surface area contributed by atoms with Gasteiger partial charge < -0.3 is 15.0 Å². The first-order valence-electron chi connectivity index (χ1n) is 5.63. The predicted octanol–water partition coefficient (Wildman–Crippen LogP) is 1.76. The molecular formula is C12H13FN2O2. The number of methoxy groups -OCH3 is 1. The summed E-state index contributed by atoms with van der Waals surface area (Å²) in [6, 6.07) is 3.39. The number of hydrogen-bond acceptors (Lipinski definition) is 3. The van der Waals surface area contributed by atoms with E-state index in [1.165, 1.54) is 13.2 Å². The normalized spacial score (nSPS) is 18.7. The molecule has 1 N–H and O–H groups in total. The van der Waals surface area contributed by atoms with Gasteiger partial charge in [-0.15, -0.1) is 0 Å². The zero-order valence-electron chi connectivity index (χ0n) is 9.50. The highest BCUT2D eigenvalue weighted by Crippen LogP contribution is 2.40. The van der Waals surface area contributed by atoms with Crippen molar-refractivity contribution < 1.29 is 13.9 Å². The molecule has 1 aromatic carbocycles. The lowest BCUT2D eigenvalue weighted by molar-refractivity contribution is -0.115. The Bertz CT molecular complexity index is 486. The van der Waals surface area contributed by atoms with E-state index in [1.807, 2.05) is 4.90 Å². The van der Waals surface area contributed by atoms with Crippen molar-refractivity contribution in [1.29, 1.82) is 0 Å². The van der Waals surface area contributed by atoms with Gasteiger partial charge in [-0.2, -0.15) is 0 Å². The van der Waals surface area contributed by atoms with Crippen molar-refractivity contribution in [2.75, 3.05) is 23.9 Å². The summed E-state index contributed by atoms with van der Waals surface area (Å²) in [7, 11) is 1.44. The number of halogens is 1. The summed E-state index contributed by atoms with van der Waals surface area (Å²) in [5, 5.41) is 2.69. The topological polar surface area (TPSA) is 41.6 Å². The summed E-state index contributed by atoms with van der Waals surface area (Å²) < 4.78 is 18.5. The average molecular weight is 236 g/mol. The van der Waals surface area contributed by atoms with Gasteiger partial charge in [0.2, 0.25) is 5.91 Å². The molecule has 0 spiro atoms. The lowest BCUT2D eigenvalue weighted by atomic mass is 10.1. The summed E-state index contributed by atoms with van der Waals surface area (Å²) in [4.78, 5) is 13.6. The third kappa shape index (κ3) is 1.71. The Balaban J connectivity index is 2.07. The largest absolute Gasteiger partial charge is 0.494 e. The highest BCUT2D eigenvalue weighted by Gasteiger charge is 2.35. The van der Waals surface area contributed by atoms with Crippen LogP contribution in [0.3, 0.4) is 0 Å². The van der Waals surface area contributed by atoms with Gasteiger partial charge in [0.25, 0.3) is 0 Å². The van der Waals surface area contributed by atoms with Gasteiger partial charge in [0.1, 0.15) is 0 Å². The van der Waals surface area contributed by atoms with E-state index in [4.69, 9.17) is 4.74 Å². The van der Waals surface area contributed by atoms with Crippen molar-refractivity contribution in [1.82, 2.24) is 0 Å². The molecule has 1 saturated carbocycles. The predicted molar refractivity (Wildman–Crippen MR) is 61.9 cm³/mol. The molecule has 1 heterocycles. The first-order chi connectivity index (χ1) is 8.19. The van der Waals surface area contributed by atoms with E-state index >= 15 is 0 Å². The van der Waals surface area contributed by atoms with Crippen LogP contribution in [-0.2, 0) is 4.79 Å². The van der Waals surface area contributed by atoms with Crippen molar-refractivity contribution in [3.05, 3.63) is 17.9 Å². The molecule has 4 nitrogen and oxygen atoms in total. The van der Waals surface area contributed by atoms with E-state index in [-0.39, 0.29) is 11.7 Å². The number of nitrogens with one attached hydrogen (secondary N) is 1. The number of hydrogen-bond donors (Lipinski definition) is 1. The summed E-state index contributed by atoms with van der Waals surface area (Å²) in [6.07, 6.45) is 2.18. The van der Waals surface area contributed by atoms with E-state index in [0.29, 0.717) is 18.3 Å². The van der Waals surface area contributed by atoms with Crippen LogP contribution in [-0.4, -0.2) is 25.6 Å². The minimum Gasteiger partial charge on any atom is -0.494 e. The summed E-state index contributed by atoms with van der Waals surface area (Å²) in [5.41, 5.74) is 1.39. The lowest BCUT2D eigenvalue weighted by Crippen LogP contribution is -2.39. The molecule has 90 valence electrons. The zero-order chi connectivity index (χ0) is 12.0. The van der Waals surface area contributed by atoms with Crippen LogP contribution in [0.25, 0.3) is 0 Å². The Hall–Kier alpha value is -1.78. The van der Waals surface area contributed by atoms with Crippen LogP contribution in [0.15, 0.2) is 12.1 Å². The monoisotopic (exact) mass is 236 g/mol. The second-order valence-electron chi connectivity index (χ2n) is 4.41. The number of anilines is 2. The molecule has 0 atom stereocenters. The molecule has 1 fully saturated rings. The average Bonchev–Trinajstić information content (AvgIpc) is 3.10. The summed E-state index contributed by atoms with van der Waals surface area (Å²) >= 11 is 0. The van der Waals surface area contributed by atoms with Crippen LogP contribution in [0.5, 0.6) is 5.75 Å². The number of amides is 1. The van der Waals surface area contributed by atoms with Crippen LogP contribution in [0, 0.1) is 5.82 Å². The SMILES string of the molecule is COc1cc2c(cc1F)NC(=O)CN2C1CC1. The number of rotatable bonds is 2. The number of nitrogens with zero attached hydrogens (tertiary/aromatic N) is 1. The fraction of sp³-hybridized carbons (Fsp3) is 0.417. The number of benzene rings is 1. The van der Waals surface area contributed by atoms with Crippen LogP contribution >= 0.6 is 0 Å². The smallest absolute Gasteiger partial charge is 0.243 e. The van der Waals surface area contributed by atoms with Gasteiger partial charge in [-0.05, 0) is 12.8 Å². The molecule has 2 aliphatic rings. The number of carbonyl (C=O) groups is 1. The first-order valence-corrected chi connectivity index (χ1v) is 5.63. The van der Waals surface area contributed by atoms with E-state index in [0.717, 1.165) is 18.5 Å². The maximum absolute atomic E-state index is 13.6. The molecule has 0 bridgehead atoms. The fourth-order valence-electron chi connectivity index (χ4n) is 2.18. The standard InChI is InChI=1S/C12H13FN2O2/c1-17-11-5-10-9(4-8(11)13)14-12(16)6-15(10)7-2-3-7/h4-5,7H,2-3,6H2,1H3,(H,14,16). The van der Waals surface area contributed by atoms with Crippen LogP contribution in [0.2, 0.25) is 0 Å². The maximum atomic E-state index is 13.6. The molecule has 0 unspecified atom stereocenters. The Labute approximate surface area is 98.4 Å². The number of ether oxygens (including phenoxy) is 1. The lowest BCUT2D eigenvalue weighted by Gasteiger charge is -2.31. The molecule has 3 rings (SSSR count). The third-order valence-corrected chi connectivity index (χ3v) is 3.16. The molecular weight excluding hydrogens is 223 g/mol. The number of carbonyl (C=O) groups excluding carboxylic acids is 1. The fourth-order valence-corrected chi connectivity index (χ4v) is 2.18. The third-order valence-electron chi connectivity index (χ3n) is 3.16. The quantitative estimate of drug-likeness (QED) is 0.850. The van der Waals surface area contributed by atoms with Crippen molar-refractivity contribution >= 4 is 17.3 Å². The second-order valence-corrected chi connectivity index (χ2v) is 4.41. The highest BCUT2D eigenvalue weighted by molar-refractivity contribution is 6.01. The molecule has 0 radical (unpaired) electrons. The van der Waals surface area contributed by atoms with Crippen LogP contribution in [0.1, 0.15) is 12.8 Å². The molecule has 0 saturated heterocycles. The van der Waals surface area contributed by atoms with E-state index in [1.54, 1.807) is 6.07 Å². The molecule has 17 heavy (non-hydrogen) atoms. The minimum absolute atomic E-state index is 0.0889. The second kappa shape index (κ2) is 3.61. The Morgan fingerprint density at radius 1 is 1.47 bits per heavy atom. The van der Waals surface area contributed by atoms with E-state index < -0.39 is 5.82 Å². The maximum Gasteiger partial charge on any atom is 0.243 e. The first kappa shape index (κ1) is 10.4. The minimum atomic E-state index is -0.454. The summed E-state index contributed by atoms with van der Waals surface area (Å²) in [6.45, 7) is 0.340. The van der Waals surface area contributed by atoms with Gasteiger partial charge in [0, 0.05) is 18.2 Å². The van der Waals surface area contributed by atoms with Gasteiger partial charge in [0.15, 0.2) is 11.6 Å². The Morgan fingerprint density at radius 3 is 2.88 bits per heavy atom. The zero-order valence-corrected chi connectivity index (χ0v) is 9.50. The van der Waals surface area contributed by atoms with Gasteiger partial charge in [0.05, 0.1) is 25.0 Å². The van der Waals surface area contributed by atoms with Crippen LogP contribution < -0.4 is 15.0 Å². The highest BCUT2D eigenvalue weighted by atomic mass is 19.1. The van der Waals surface area contributed by atoms with Gasteiger partial charge >= 0.3 is 0 Å². The van der Waals surface area contributed by atoms with Crippen molar-refractivity contribution in [3.8, 4) is 5.75 Å². The van der Waals surface area contributed by atoms with E-state index in [9.17, 15) is 9.18 Å². The molecule has 1 amide bonds. The Morgan fingerprint density at radius 2 is 2.24 bits per heavy atom.